The van der Waals surface area contributed by atoms with Crippen molar-refractivity contribution in [1.82, 2.24) is 4.98 Å². The van der Waals surface area contributed by atoms with Gasteiger partial charge in [0, 0.05) is 0 Å². The number of aromatic hydroxyl groups is 2. The molecule has 6 heteroatoms. The minimum Gasteiger partial charge on any atom is -0.507 e. The van der Waals surface area contributed by atoms with Crippen LogP contribution in [-0.4, -0.2) is 15.2 Å². The minimum absolute atomic E-state index is 0.0426. The molecule has 19 heavy (non-hydrogen) atoms. The molecular weight excluding hydrogens is 332 g/mol. The Morgan fingerprint density at radius 2 is 1.95 bits per heavy atom. The quantitative estimate of drug-likeness (QED) is 0.735. The van der Waals surface area contributed by atoms with Gasteiger partial charge in [-0.2, -0.15) is 0 Å². The highest BCUT2D eigenvalue weighted by molar-refractivity contribution is 9.10. The number of benzene rings is 1. The molecule has 1 aromatic heterocycles. The highest BCUT2D eigenvalue weighted by Crippen LogP contribution is 2.34. The van der Waals surface area contributed by atoms with Crippen LogP contribution in [0.4, 0.5) is 5.69 Å². The predicted octanol–water partition coefficient (Wildman–Crippen LogP) is 4.08. The van der Waals surface area contributed by atoms with Crippen LogP contribution in [0.25, 0.3) is 0 Å². The van der Waals surface area contributed by atoms with Crippen molar-refractivity contribution in [2.24, 2.45) is 0 Å². The van der Waals surface area contributed by atoms with Crippen molar-refractivity contribution in [2.75, 3.05) is 5.32 Å². The van der Waals surface area contributed by atoms with E-state index < -0.39 is 0 Å². The first kappa shape index (κ1) is 14.0. The standard InChI is InChI=1S/C13H12BrClN2O2/c1-7(12-10(18)3-2-4-11(12)19)17-8-5-9(14)13(15)16-6-8/h2-7,17-19H,1H3. The van der Waals surface area contributed by atoms with Crippen molar-refractivity contribution in [3.05, 3.63) is 45.7 Å². The Bertz CT molecular complexity index is 587. The average Bonchev–Trinajstić information content (AvgIpc) is 2.33. The lowest BCUT2D eigenvalue weighted by Crippen LogP contribution is -2.07. The number of phenols is 2. The molecule has 0 bridgehead atoms. The molecule has 1 unspecified atom stereocenters. The van der Waals surface area contributed by atoms with Crippen LogP contribution >= 0.6 is 27.5 Å². The number of nitrogens with zero attached hydrogens (tertiary/aromatic N) is 1. The van der Waals surface area contributed by atoms with Crippen molar-refractivity contribution in [1.29, 1.82) is 0 Å². The largest absolute Gasteiger partial charge is 0.507 e. The number of hydrogen-bond donors (Lipinski definition) is 3. The smallest absolute Gasteiger partial charge is 0.143 e. The van der Waals surface area contributed by atoms with Crippen LogP contribution in [0, 0.1) is 0 Å². The maximum atomic E-state index is 9.79. The van der Waals surface area contributed by atoms with Gasteiger partial charge in [0.15, 0.2) is 0 Å². The molecule has 0 fully saturated rings. The average molecular weight is 344 g/mol. The van der Waals surface area contributed by atoms with Gasteiger partial charge in [-0.3, -0.25) is 0 Å². The number of phenolic OH excluding ortho intramolecular Hbond substituents is 2. The first-order chi connectivity index (χ1) is 8.99. The first-order valence-corrected chi connectivity index (χ1v) is 6.74. The Kier molecular flexibility index (Phi) is 4.17. The summed E-state index contributed by atoms with van der Waals surface area (Å²) in [4.78, 5) is 4.00. The zero-order valence-electron chi connectivity index (χ0n) is 10.1. The summed E-state index contributed by atoms with van der Waals surface area (Å²) in [5.74, 6) is 0.0852. The molecule has 0 aliphatic heterocycles. The van der Waals surface area contributed by atoms with E-state index in [-0.39, 0.29) is 17.5 Å². The Labute approximate surface area is 124 Å². The van der Waals surface area contributed by atoms with Gasteiger partial charge in [0.25, 0.3) is 0 Å². The maximum Gasteiger partial charge on any atom is 0.143 e. The minimum atomic E-state index is -0.281. The molecule has 0 spiro atoms. The third-order valence-electron chi connectivity index (χ3n) is 2.67. The normalized spacial score (nSPS) is 12.2. The van der Waals surface area contributed by atoms with Crippen molar-refractivity contribution < 1.29 is 10.2 Å². The van der Waals surface area contributed by atoms with Crippen LogP contribution in [0.3, 0.4) is 0 Å². The molecule has 3 N–H and O–H groups in total. The Hall–Kier alpha value is -1.46. The molecule has 4 nitrogen and oxygen atoms in total. The maximum absolute atomic E-state index is 9.79. The zero-order chi connectivity index (χ0) is 14.0. The summed E-state index contributed by atoms with van der Waals surface area (Å²) in [5, 5.41) is 23.1. The van der Waals surface area contributed by atoms with Gasteiger partial charge in [0.1, 0.15) is 16.7 Å². The third kappa shape index (κ3) is 3.11. The van der Waals surface area contributed by atoms with E-state index >= 15 is 0 Å². The second-order valence-electron chi connectivity index (χ2n) is 4.07. The van der Waals surface area contributed by atoms with E-state index in [4.69, 9.17) is 11.6 Å². The van der Waals surface area contributed by atoms with Gasteiger partial charge in [-0.1, -0.05) is 17.7 Å². The van der Waals surface area contributed by atoms with E-state index in [0.29, 0.717) is 15.2 Å². The van der Waals surface area contributed by atoms with E-state index in [0.717, 1.165) is 5.69 Å². The molecule has 0 amide bonds. The molecule has 1 heterocycles. The fourth-order valence-corrected chi connectivity index (χ4v) is 2.26. The number of anilines is 1. The first-order valence-electron chi connectivity index (χ1n) is 5.57. The molecule has 0 aliphatic carbocycles. The molecule has 1 atom stereocenters. The van der Waals surface area contributed by atoms with Crippen LogP contribution in [0.2, 0.25) is 5.15 Å². The number of nitrogens with one attached hydrogen (secondary N) is 1. The lowest BCUT2D eigenvalue weighted by molar-refractivity contribution is 0.434. The van der Waals surface area contributed by atoms with Gasteiger partial charge in [-0.05, 0) is 41.1 Å². The summed E-state index contributed by atoms with van der Waals surface area (Å²) in [7, 11) is 0. The molecule has 0 saturated heterocycles. The predicted molar refractivity (Wildman–Crippen MR) is 78.8 cm³/mol. The van der Waals surface area contributed by atoms with Crippen LogP contribution < -0.4 is 5.32 Å². The van der Waals surface area contributed by atoms with Crippen LogP contribution in [-0.2, 0) is 0 Å². The molecule has 1 aromatic carbocycles. The zero-order valence-corrected chi connectivity index (χ0v) is 12.4. The lowest BCUT2D eigenvalue weighted by atomic mass is 10.1. The van der Waals surface area contributed by atoms with Crippen molar-refractivity contribution in [3.8, 4) is 11.5 Å². The Balaban J connectivity index is 2.25. The molecule has 2 aromatic rings. The number of hydrogen-bond acceptors (Lipinski definition) is 4. The SMILES string of the molecule is CC(Nc1cnc(Cl)c(Br)c1)c1c(O)cccc1O. The van der Waals surface area contributed by atoms with Crippen LogP contribution in [0.1, 0.15) is 18.5 Å². The highest BCUT2D eigenvalue weighted by atomic mass is 79.9. The molecule has 0 saturated carbocycles. The summed E-state index contributed by atoms with van der Waals surface area (Å²) >= 11 is 9.11. The van der Waals surface area contributed by atoms with E-state index in [1.807, 2.05) is 6.92 Å². The van der Waals surface area contributed by atoms with Gasteiger partial charge in [-0.25, -0.2) is 4.98 Å². The summed E-state index contributed by atoms with van der Waals surface area (Å²) in [6.07, 6.45) is 1.58. The van der Waals surface area contributed by atoms with Gasteiger partial charge in [0.05, 0.1) is 28.0 Å². The number of aromatic nitrogens is 1. The molecule has 2 rings (SSSR count). The van der Waals surface area contributed by atoms with E-state index in [1.165, 1.54) is 12.1 Å². The number of rotatable bonds is 3. The molecule has 0 aliphatic rings. The molecule has 100 valence electrons. The summed E-state index contributed by atoms with van der Waals surface area (Å²) < 4.78 is 0.674. The van der Waals surface area contributed by atoms with Crippen LogP contribution in [0.15, 0.2) is 34.9 Å². The van der Waals surface area contributed by atoms with Crippen LogP contribution in [0.5, 0.6) is 11.5 Å². The second-order valence-corrected chi connectivity index (χ2v) is 5.28. The number of halogens is 2. The number of pyridine rings is 1. The lowest BCUT2D eigenvalue weighted by Gasteiger charge is -2.18. The Morgan fingerprint density at radius 1 is 1.32 bits per heavy atom. The fourth-order valence-electron chi connectivity index (χ4n) is 1.81. The van der Waals surface area contributed by atoms with Crippen molar-refractivity contribution in [2.45, 2.75) is 13.0 Å². The van der Waals surface area contributed by atoms with Gasteiger partial charge in [0.2, 0.25) is 0 Å². The summed E-state index contributed by atoms with van der Waals surface area (Å²) in [6.45, 7) is 1.83. The summed E-state index contributed by atoms with van der Waals surface area (Å²) in [5.41, 5.74) is 1.17. The Morgan fingerprint density at radius 3 is 2.53 bits per heavy atom. The third-order valence-corrected chi connectivity index (χ3v) is 3.81. The summed E-state index contributed by atoms with van der Waals surface area (Å²) in [6, 6.07) is 6.15. The molecule has 0 radical (unpaired) electrons. The van der Waals surface area contributed by atoms with Crippen molar-refractivity contribution in [3.63, 3.8) is 0 Å². The second kappa shape index (κ2) is 5.67. The van der Waals surface area contributed by atoms with Gasteiger partial charge in [-0.15, -0.1) is 0 Å². The fraction of sp³-hybridized carbons (Fsp3) is 0.154. The topological polar surface area (TPSA) is 65.4 Å². The van der Waals surface area contributed by atoms with Crippen molar-refractivity contribution >= 4 is 33.2 Å². The van der Waals surface area contributed by atoms with E-state index in [2.05, 4.69) is 26.2 Å². The monoisotopic (exact) mass is 342 g/mol. The highest BCUT2D eigenvalue weighted by Gasteiger charge is 2.15. The van der Waals surface area contributed by atoms with Gasteiger partial charge >= 0.3 is 0 Å². The van der Waals surface area contributed by atoms with Gasteiger partial charge < -0.3 is 15.5 Å². The van der Waals surface area contributed by atoms with E-state index in [9.17, 15) is 10.2 Å². The van der Waals surface area contributed by atoms with E-state index in [1.54, 1.807) is 18.3 Å². The molecular formula is C13H12BrClN2O2.